The summed E-state index contributed by atoms with van der Waals surface area (Å²) in [5.41, 5.74) is 2.41. The predicted octanol–water partition coefficient (Wildman–Crippen LogP) is 4.48. The molecule has 0 saturated carbocycles. The van der Waals surface area contributed by atoms with Crippen LogP contribution in [0.1, 0.15) is 11.1 Å². The van der Waals surface area contributed by atoms with Gasteiger partial charge < -0.3 is 0 Å². The molecule has 0 bridgehead atoms. The molecule has 18 heavy (non-hydrogen) atoms. The fraction of sp³-hybridized carbons (Fsp3) is 0. The molecule has 0 amide bonds. The molecule has 88 valence electrons. The van der Waals surface area contributed by atoms with Crippen molar-refractivity contribution >= 4 is 35.5 Å². The van der Waals surface area contributed by atoms with Crippen LogP contribution in [0.25, 0.3) is 12.2 Å². The fourth-order valence-corrected chi connectivity index (χ4v) is 1.74. The van der Waals surface area contributed by atoms with E-state index in [4.69, 9.17) is 11.6 Å². The van der Waals surface area contributed by atoms with E-state index in [1.165, 1.54) is 0 Å². The van der Waals surface area contributed by atoms with Crippen LogP contribution in [-0.4, -0.2) is 6.08 Å². The highest BCUT2D eigenvalue weighted by atomic mass is 35.5. The van der Waals surface area contributed by atoms with E-state index in [9.17, 15) is 4.79 Å². The lowest BCUT2D eigenvalue weighted by Gasteiger charge is -1.99. The highest BCUT2D eigenvalue weighted by molar-refractivity contribution is 6.30. The lowest BCUT2D eigenvalue weighted by molar-refractivity contribution is 0.565. The zero-order valence-corrected chi connectivity index (χ0v) is 10.3. The summed E-state index contributed by atoms with van der Waals surface area (Å²) >= 11 is 5.92. The Labute approximate surface area is 110 Å². The lowest BCUT2D eigenvalue weighted by Crippen LogP contribution is -1.76. The number of halogens is 1. The molecule has 0 aliphatic carbocycles. The van der Waals surface area contributed by atoms with E-state index in [1.807, 2.05) is 42.5 Å². The van der Waals surface area contributed by atoms with E-state index in [1.54, 1.807) is 24.3 Å². The molecule has 0 aromatic heterocycles. The first-order chi connectivity index (χ1) is 8.79. The minimum absolute atomic E-state index is 0.557. The summed E-state index contributed by atoms with van der Waals surface area (Å²) < 4.78 is 0. The quantitative estimate of drug-likeness (QED) is 0.452. The summed E-state index contributed by atoms with van der Waals surface area (Å²) in [7, 11) is 0. The van der Waals surface area contributed by atoms with Crippen LogP contribution in [0.5, 0.6) is 0 Å². The maximum absolute atomic E-state index is 10.3. The van der Waals surface area contributed by atoms with Gasteiger partial charge in [0.25, 0.3) is 0 Å². The van der Waals surface area contributed by atoms with Crippen LogP contribution in [0.4, 0.5) is 5.69 Å². The maximum atomic E-state index is 10.3. The molecule has 0 spiro atoms. The Morgan fingerprint density at radius 1 is 1.06 bits per heavy atom. The summed E-state index contributed by atoms with van der Waals surface area (Å²) in [5.74, 6) is 0. The number of nitrogens with zero attached hydrogens (tertiary/aromatic N) is 1. The first-order valence-corrected chi connectivity index (χ1v) is 5.78. The van der Waals surface area contributed by atoms with Gasteiger partial charge in [-0.2, -0.15) is 4.99 Å². The Morgan fingerprint density at radius 3 is 2.56 bits per heavy atom. The Balaban J connectivity index is 2.36. The molecular weight excluding hydrogens is 246 g/mol. The number of hydrogen-bond acceptors (Lipinski definition) is 2. The molecule has 0 radical (unpaired) electrons. The highest BCUT2D eigenvalue weighted by Gasteiger charge is 1.99. The average molecular weight is 256 g/mol. The van der Waals surface area contributed by atoms with Gasteiger partial charge in [-0.05, 0) is 23.8 Å². The smallest absolute Gasteiger partial charge is 0.211 e. The molecule has 0 saturated heterocycles. The van der Waals surface area contributed by atoms with Gasteiger partial charge in [0.2, 0.25) is 6.08 Å². The van der Waals surface area contributed by atoms with Crippen molar-refractivity contribution in [1.82, 2.24) is 0 Å². The van der Waals surface area contributed by atoms with E-state index in [0.717, 1.165) is 11.1 Å². The average Bonchev–Trinajstić information content (AvgIpc) is 2.40. The second-order valence-corrected chi connectivity index (χ2v) is 4.09. The lowest BCUT2D eigenvalue weighted by atomic mass is 10.1. The topological polar surface area (TPSA) is 29.4 Å². The van der Waals surface area contributed by atoms with Crippen molar-refractivity contribution in [2.45, 2.75) is 0 Å². The van der Waals surface area contributed by atoms with Gasteiger partial charge in [0.15, 0.2) is 0 Å². The number of isocyanates is 1. The first kappa shape index (κ1) is 12.3. The van der Waals surface area contributed by atoms with E-state index < -0.39 is 0 Å². The van der Waals surface area contributed by atoms with E-state index in [-0.39, 0.29) is 0 Å². The summed E-state index contributed by atoms with van der Waals surface area (Å²) in [6.45, 7) is 0. The van der Waals surface area contributed by atoms with Crippen LogP contribution in [0, 0.1) is 0 Å². The summed E-state index contributed by atoms with van der Waals surface area (Å²) in [6, 6.07) is 15.0. The molecule has 0 fully saturated rings. The van der Waals surface area contributed by atoms with Gasteiger partial charge in [-0.1, -0.05) is 54.1 Å². The molecule has 0 aliphatic rings. The molecule has 0 N–H and O–H groups in total. The minimum atomic E-state index is 0.557. The van der Waals surface area contributed by atoms with Crippen LogP contribution in [0.15, 0.2) is 53.5 Å². The predicted molar refractivity (Wildman–Crippen MR) is 74.6 cm³/mol. The largest absolute Gasteiger partial charge is 0.240 e. The van der Waals surface area contributed by atoms with Crippen LogP contribution < -0.4 is 0 Å². The SMILES string of the molecule is O=C=Nc1ccc(Cl)cc1C=Cc1ccccc1. The second kappa shape index (κ2) is 5.97. The number of rotatable bonds is 3. The van der Waals surface area contributed by atoms with Crippen LogP contribution in [0.2, 0.25) is 5.02 Å². The third-order valence-electron chi connectivity index (χ3n) is 2.41. The van der Waals surface area contributed by atoms with Crippen molar-refractivity contribution in [3.8, 4) is 0 Å². The Hall–Kier alpha value is -2.15. The molecule has 2 aromatic carbocycles. The van der Waals surface area contributed by atoms with Gasteiger partial charge in [0, 0.05) is 10.6 Å². The van der Waals surface area contributed by atoms with Crippen molar-refractivity contribution < 1.29 is 4.79 Å². The molecule has 2 nitrogen and oxygen atoms in total. The zero-order valence-electron chi connectivity index (χ0n) is 9.51. The van der Waals surface area contributed by atoms with E-state index in [2.05, 4.69) is 4.99 Å². The summed E-state index contributed by atoms with van der Waals surface area (Å²) in [4.78, 5) is 14.0. The summed E-state index contributed by atoms with van der Waals surface area (Å²) in [5, 5.41) is 0.604. The molecular formula is C15H10ClNO. The zero-order chi connectivity index (χ0) is 12.8. The fourth-order valence-electron chi connectivity index (χ4n) is 1.56. The monoisotopic (exact) mass is 255 g/mol. The van der Waals surface area contributed by atoms with Crippen molar-refractivity contribution in [1.29, 1.82) is 0 Å². The molecule has 2 rings (SSSR count). The number of carbonyl (C=O) groups excluding carboxylic acids is 1. The Morgan fingerprint density at radius 2 is 1.83 bits per heavy atom. The van der Waals surface area contributed by atoms with Gasteiger partial charge in [-0.25, -0.2) is 4.79 Å². The number of hydrogen-bond donors (Lipinski definition) is 0. The first-order valence-electron chi connectivity index (χ1n) is 5.40. The molecule has 0 unspecified atom stereocenters. The molecule has 0 atom stereocenters. The highest BCUT2D eigenvalue weighted by Crippen LogP contribution is 2.24. The van der Waals surface area contributed by atoms with Crippen molar-refractivity contribution in [2.75, 3.05) is 0 Å². The third-order valence-corrected chi connectivity index (χ3v) is 2.65. The van der Waals surface area contributed by atoms with Gasteiger partial charge in [-0.15, -0.1) is 0 Å². The van der Waals surface area contributed by atoms with Crippen molar-refractivity contribution in [3.05, 3.63) is 64.7 Å². The molecule has 2 aromatic rings. The second-order valence-electron chi connectivity index (χ2n) is 3.65. The Bertz CT molecular complexity index is 614. The third kappa shape index (κ3) is 3.17. The molecule has 0 heterocycles. The maximum Gasteiger partial charge on any atom is 0.240 e. The van der Waals surface area contributed by atoms with E-state index in [0.29, 0.717) is 10.7 Å². The molecule has 3 heteroatoms. The van der Waals surface area contributed by atoms with Gasteiger partial charge >= 0.3 is 0 Å². The molecule has 0 aliphatic heterocycles. The normalized spacial score (nSPS) is 10.3. The standard InChI is InChI=1S/C15H10ClNO/c16-14-8-9-15(17-11-18)13(10-14)7-6-12-4-2-1-3-5-12/h1-10H. The van der Waals surface area contributed by atoms with Crippen LogP contribution in [-0.2, 0) is 4.79 Å². The van der Waals surface area contributed by atoms with Crippen LogP contribution >= 0.6 is 11.6 Å². The minimum Gasteiger partial charge on any atom is -0.211 e. The van der Waals surface area contributed by atoms with Crippen molar-refractivity contribution in [3.63, 3.8) is 0 Å². The summed E-state index contributed by atoms with van der Waals surface area (Å²) in [6.07, 6.45) is 5.35. The van der Waals surface area contributed by atoms with Crippen LogP contribution in [0.3, 0.4) is 0 Å². The van der Waals surface area contributed by atoms with Gasteiger partial charge in [-0.3, -0.25) is 0 Å². The number of benzene rings is 2. The van der Waals surface area contributed by atoms with Gasteiger partial charge in [0.05, 0.1) is 5.69 Å². The Kier molecular flexibility index (Phi) is 4.08. The van der Waals surface area contributed by atoms with Gasteiger partial charge in [0.1, 0.15) is 0 Å². The van der Waals surface area contributed by atoms with E-state index >= 15 is 0 Å². The van der Waals surface area contributed by atoms with Crippen molar-refractivity contribution in [2.24, 2.45) is 4.99 Å². The number of aliphatic imine (C=N–C) groups is 1.